The van der Waals surface area contributed by atoms with Crippen molar-refractivity contribution < 1.29 is 5.11 Å². The van der Waals surface area contributed by atoms with E-state index in [-0.39, 0.29) is 6.61 Å². The Balaban J connectivity index is 4.12. The van der Waals surface area contributed by atoms with Crippen molar-refractivity contribution >= 4 is 0 Å². The molecule has 0 unspecified atom stereocenters. The molecule has 0 saturated heterocycles. The summed E-state index contributed by atoms with van der Waals surface area (Å²) in [5.41, 5.74) is 4.21. The molecule has 0 atom stereocenters. The highest BCUT2D eigenvalue weighted by Crippen LogP contribution is 2.12. The topological polar surface area (TPSA) is 32.3 Å². The van der Waals surface area contributed by atoms with Gasteiger partial charge >= 0.3 is 0 Å². The molecule has 0 aliphatic rings. The van der Waals surface area contributed by atoms with Crippen molar-refractivity contribution in [3.8, 4) is 0 Å². The summed E-state index contributed by atoms with van der Waals surface area (Å²) >= 11 is 0. The van der Waals surface area contributed by atoms with Crippen molar-refractivity contribution in [3.63, 3.8) is 0 Å². The predicted molar refractivity (Wildman–Crippen MR) is 113 cm³/mol. The molecule has 0 amide bonds. The molecule has 0 heterocycles. The van der Waals surface area contributed by atoms with Crippen LogP contribution in [0.3, 0.4) is 0 Å². The second-order valence-corrected chi connectivity index (χ2v) is 7.40. The molecular weight excluding hydrogens is 306 g/mol. The number of hydrogen-bond donors (Lipinski definition) is 2. The number of allylic oxidation sites excluding steroid dienone is 4. The zero-order valence-electron chi connectivity index (χ0n) is 17.4. The van der Waals surface area contributed by atoms with Crippen molar-refractivity contribution in [2.45, 2.75) is 91.9 Å². The van der Waals surface area contributed by atoms with Crippen LogP contribution in [0.2, 0.25) is 0 Å². The van der Waals surface area contributed by atoms with Crippen LogP contribution < -0.4 is 5.32 Å². The van der Waals surface area contributed by atoms with Gasteiger partial charge in [-0.2, -0.15) is 0 Å². The Labute approximate surface area is 157 Å². The first-order valence-electron chi connectivity index (χ1n) is 10.4. The fourth-order valence-corrected chi connectivity index (χ4v) is 2.85. The molecule has 0 spiro atoms. The third kappa shape index (κ3) is 17.7. The van der Waals surface area contributed by atoms with Gasteiger partial charge in [-0.15, -0.1) is 0 Å². The maximum atomic E-state index is 8.94. The molecule has 0 rings (SSSR count). The number of unbranched alkanes of at least 4 members (excludes halogenated alkanes) is 5. The monoisotopic (exact) mass is 349 g/mol. The molecule has 2 N–H and O–H groups in total. The highest BCUT2D eigenvalue weighted by Gasteiger charge is 1.98. The highest BCUT2D eigenvalue weighted by atomic mass is 16.2. The van der Waals surface area contributed by atoms with E-state index in [0.29, 0.717) is 0 Å². The van der Waals surface area contributed by atoms with E-state index in [1.807, 2.05) is 6.08 Å². The average Bonchev–Trinajstić information content (AvgIpc) is 2.56. The fraction of sp³-hybridized carbons (Fsp3) is 0.739. The van der Waals surface area contributed by atoms with Crippen molar-refractivity contribution in [2.75, 3.05) is 19.7 Å². The van der Waals surface area contributed by atoms with Crippen LogP contribution in [0.4, 0.5) is 0 Å². The first kappa shape index (κ1) is 24.1. The Bertz CT molecular complexity index is 389. The summed E-state index contributed by atoms with van der Waals surface area (Å²) in [6, 6.07) is 0. The number of rotatable bonds is 16. The summed E-state index contributed by atoms with van der Waals surface area (Å²) < 4.78 is 0. The average molecular weight is 350 g/mol. The second kappa shape index (κ2) is 17.9. The zero-order valence-corrected chi connectivity index (χ0v) is 17.4. The molecule has 2 nitrogen and oxygen atoms in total. The van der Waals surface area contributed by atoms with Gasteiger partial charge in [0.15, 0.2) is 0 Å². The number of hydrogen-bond acceptors (Lipinski definition) is 2. The van der Waals surface area contributed by atoms with E-state index in [9.17, 15) is 0 Å². The summed E-state index contributed by atoms with van der Waals surface area (Å²) in [6.07, 6.45) is 19.2. The van der Waals surface area contributed by atoms with Crippen LogP contribution in [0.1, 0.15) is 91.9 Å². The van der Waals surface area contributed by atoms with Gasteiger partial charge in [-0.05, 0) is 59.4 Å². The van der Waals surface area contributed by atoms with Gasteiger partial charge in [-0.25, -0.2) is 0 Å². The van der Waals surface area contributed by atoms with Gasteiger partial charge in [0.05, 0.1) is 6.61 Å². The lowest BCUT2D eigenvalue weighted by Gasteiger charge is -2.09. The Morgan fingerprint density at radius 2 is 1.52 bits per heavy atom. The van der Waals surface area contributed by atoms with Crippen LogP contribution in [-0.2, 0) is 0 Å². The van der Waals surface area contributed by atoms with Crippen molar-refractivity contribution in [3.05, 3.63) is 34.9 Å². The normalized spacial score (nSPS) is 12.5. The first-order valence-corrected chi connectivity index (χ1v) is 10.4. The lowest BCUT2D eigenvalue weighted by Crippen LogP contribution is -2.18. The maximum absolute atomic E-state index is 8.94. The minimum atomic E-state index is 0.156. The van der Waals surface area contributed by atoms with E-state index < -0.39 is 0 Å². The van der Waals surface area contributed by atoms with E-state index >= 15 is 0 Å². The lowest BCUT2D eigenvalue weighted by molar-refractivity contribution is 0.341. The highest BCUT2D eigenvalue weighted by molar-refractivity contribution is 5.09. The fourth-order valence-electron chi connectivity index (χ4n) is 2.85. The van der Waals surface area contributed by atoms with Gasteiger partial charge in [0, 0.05) is 6.54 Å². The van der Waals surface area contributed by atoms with Gasteiger partial charge in [0.25, 0.3) is 0 Å². The molecule has 0 aromatic carbocycles. The summed E-state index contributed by atoms with van der Waals surface area (Å²) in [6.45, 7) is 11.0. The molecule has 0 saturated carbocycles. The molecular formula is C23H43NO. The van der Waals surface area contributed by atoms with Crippen molar-refractivity contribution in [1.29, 1.82) is 0 Å². The van der Waals surface area contributed by atoms with Gasteiger partial charge in [-0.1, -0.05) is 74.0 Å². The van der Waals surface area contributed by atoms with Crippen LogP contribution in [0.5, 0.6) is 0 Å². The minimum absolute atomic E-state index is 0.156. The number of aliphatic hydroxyl groups is 1. The summed E-state index contributed by atoms with van der Waals surface area (Å²) in [5, 5.41) is 12.6. The van der Waals surface area contributed by atoms with Crippen LogP contribution in [0.15, 0.2) is 34.9 Å². The Morgan fingerprint density at radius 3 is 2.20 bits per heavy atom. The zero-order chi connectivity index (χ0) is 18.8. The van der Waals surface area contributed by atoms with Crippen molar-refractivity contribution in [1.82, 2.24) is 5.32 Å². The van der Waals surface area contributed by atoms with Gasteiger partial charge in [0.2, 0.25) is 0 Å². The maximum Gasteiger partial charge on any atom is 0.0614 e. The van der Waals surface area contributed by atoms with Crippen LogP contribution in [0, 0.1) is 0 Å². The molecule has 0 aliphatic carbocycles. The third-order valence-electron chi connectivity index (χ3n) is 4.49. The van der Waals surface area contributed by atoms with Crippen LogP contribution in [-0.4, -0.2) is 24.8 Å². The summed E-state index contributed by atoms with van der Waals surface area (Å²) in [4.78, 5) is 0. The molecule has 2 heteroatoms. The minimum Gasteiger partial charge on any atom is -0.392 e. The largest absolute Gasteiger partial charge is 0.392 e. The second-order valence-electron chi connectivity index (χ2n) is 7.40. The SMILES string of the molecule is CCCCCCCCNC/C(=C/CC/C(C)=C\CO)CCC=C(C)C. The summed E-state index contributed by atoms with van der Waals surface area (Å²) in [7, 11) is 0. The van der Waals surface area contributed by atoms with E-state index in [1.165, 1.54) is 55.2 Å². The van der Waals surface area contributed by atoms with Gasteiger partial charge < -0.3 is 10.4 Å². The van der Waals surface area contributed by atoms with E-state index in [4.69, 9.17) is 5.11 Å². The molecule has 146 valence electrons. The molecule has 0 bridgehead atoms. The van der Waals surface area contributed by atoms with Crippen molar-refractivity contribution in [2.24, 2.45) is 0 Å². The Morgan fingerprint density at radius 1 is 0.840 bits per heavy atom. The Hall–Kier alpha value is -0.860. The quantitative estimate of drug-likeness (QED) is 0.252. The predicted octanol–water partition coefficient (Wildman–Crippen LogP) is 6.33. The molecule has 0 aromatic rings. The number of aliphatic hydroxyl groups excluding tert-OH is 1. The first-order chi connectivity index (χ1) is 12.1. The van der Waals surface area contributed by atoms with E-state index in [1.54, 1.807) is 0 Å². The number of nitrogens with one attached hydrogen (secondary N) is 1. The molecule has 0 aliphatic heterocycles. The molecule has 0 aromatic heterocycles. The van der Waals surface area contributed by atoms with Gasteiger partial charge in [0.1, 0.15) is 0 Å². The van der Waals surface area contributed by atoms with E-state index in [2.05, 4.69) is 45.2 Å². The smallest absolute Gasteiger partial charge is 0.0614 e. The molecule has 0 fully saturated rings. The molecule has 0 radical (unpaired) electrons. The Kier molecular flexibility index (Phi) is 17.3. The van der Waals surface area contributed by atoms with Crippen LogP contribution >= 0.6 is 0 Å². The lowest BCUT2D eigenvalue weighted by atomic mass is 10.0. The van der Waals surface area contributed by atoms with E-state index in [0.717, 1.165) is 38.8 Å². The third-order valence-corrected chi connectivity index (χ3v) is 4.49. The van der Waals surface area contributed by atoms with Crippen LogP contribution in [0.25, 0.3) is 0 Å². The molecule has 25 heavy (non-hydrogen) atoms. The standard InChI is InChI=1S/C23H43NO/c1-5-6-7-8-9-10-18-24-20-23(15-11-13-21(2)3)16-12-14-22(4)17-19-25/h13,16-17,24-25H,5-12,14-15,18-20H2,1-4H3/b22-17-,23-16+. The summed E-state index contributed by atoms with van der Waals surface area (Å²) in [5.74, 6) is 0. The van der Waals surface area contributed by atoms with Gasteiger partial charge in [-0.3, -0.25) is 0 Å².